The Hall–Kier alpha value is -2.43. The van der Waals surface area contributed by atoms with Crippen LogP contribution in [0.4, 0.5) is 18.9 Å². The molecule has 0 radical (unpaired) electrons. The summed E-state index contributed by atoms with van der Waals surface area (Å²) in [6.45, 7) is 1.00. The van der Waals surface area contributed by atoms with Crippen LogP contribution in [0.15, 0.2) is 47.4 Å². The SMILES string of the molecule is CC(=O)c1cccc(S(=O)(=O)NCCC(=O)Nc2ccc(Cl)c(C(F)(F)F)c2)c1. The molecule has 0 spiro atoms. The number of nitrogens with one attached hydrogen (secondary N) is 2. The van der Waals surface area contributed by atoms with Crippen molar-refractivity contribution in [2.75, 3.05) is 11.9 Å². The molecule has 2 aromatic rings. The third-order valence-corrected chi connectivity index (χ3v) is 5.54. The van der Waals surface area contributed by atoms with Gasteiger partial charge in [-0.2, -0.15) is 13.2 Å². The Labute approximate surface area is 170 Å². The predicted octanol–water partition coefficient (Wildman–Crippen LogP) is 3.87. The molecule has 2 rings (SSSR count). The zero-order valence-electron chi connectivity index (χ0n) is 15.0. The molecule has 0 saturated carbocycles. The molecule has 0 aliphatic heterocycles. The Morgan fingerprint density at radius 3 is 2.41 bits per heavy atom. The van der Waals surface area contributed by atoms with Gasteiger partial charge in [0.1, 0.15) is 0 Å². The van der Waals surface area contributed by atoms with E-state index in [1.54, 1.807) is 0 Å². The Balaban J connectivity index is 1.98. The van der Waals surface area contributed by atoms with E-state index in [9.17, 15) is 31.2 Å². The number of ketones is 1. The number of carbonyl (C=O) groups is 2. The lowest BCUT2D eigenvalue weighted by molar-refractivity contribution is -0.137. The van der Waals surface area contributed by atoms with Crippen LogP contribution in [0.1, 0.15) is 29.3 Å². The number of carbonyl (C=O) groups excluding carboxylic acids is 2. The van der Waals surface area contributed by atoms with Crippen LogP contribution in [0.5, 0.6) is 0 Å². The van der Waals surface area contributed by atoms with E-state index in [-0.39, 0.29) is 34.9 Å². The van der Waals surface area contributed by atoms with Gasteiger partial charge in [0.15, 0.2) is 5.78 Å². The Kier molecular flexibility index (Phi) is 7.04. The molecule has 2 aromatic carbocycles. The van der Waals surface area contributed by atoms with E-state index in [1.165, 1.54) is 37.3 Å². The zero-order chi connectivity index (χ0) is 21.8. The zero-order valence-corrected chi connectivity index (χ0v) is 16.6. The maximum Gasteiger partial charge on any atom is 0.417 e. The van der Waals surface area contributed by atoms with Crippen LogP contribution < -0.4 is 10.0 Å². The first kappa shape index (κ1) is 22.9. The molecule has 0 aliphatic carbocycles. The highest BCUT2D eigenvalue weighted by molar-refractivity contribution is 7.89. The molecule has 156 valence electrons. The normalized spacial score (nSPS) is 11.9. The average Bonchev–Trinajstić information content (AvgIpc) is 2.62. The summed E-state index contributed by atoms with van der Waals surface area (Å²) in [5, 5.41) is 1.75. The Morgan fingerprint density at radius 2 is 1.79 bits per heavy atom. The van der Waals surface area contributed by atoms with E-state index in [2.05, 4.69) is 10.0 Å². The summed E-state index contributed by atoms with van der Waals surface area (Å²) in [6, 6.07) is 8.28. The third kappa shape index (κ3) is 6.28. The van der Waals surface area contributed by atoms with E-state index in [0.717, 1.165) is 6.07 Å². The first-order valence-electron chi connectivity index (χ1n) is 8.17. The number of sulfonamides is 1. The summed E-state index contributed by atoms with van der Waals surface area (Å²) >= 11 is 5.51. The van der Waals surface area contributed by atoms with Gasteiger partial charge in [0.25, 0.3) is 0 Å². The van der Waals surface area contributed by atoms with Crippen LogP contribution in [0.25, 0.3) is 0 Å². The third-order valence-electron chi connectivity index (χ3n) is 3.75. The van der Waals surface area contributed by atoms with E-state index in [1.807, 2.05) is 0 Å². The molecule has 1 amide bonds. The lowest BCUT2D eigenvalue weighted by atomic mass is 10.2. The van der Waals surface area contributed by atoms with Gasteiger partial charge in [-0.3, -0.25) is 9.59 Å². The molecule has 0 unspecified atom stereocenters. The van der Waals surface area contributed by atoms with Crippen LogP contribution in [-0.4, -0.2) is 26.7 Å². The van der Waals surface area contributed by atoms with Gasteiger partial charge in [-0.05, 0) is 37.3 Å². The minimum absolute atomic E-state index is 0.122. The molecule has 2 N–H and O–H groups in total. The summed E-state index contributed by atoms with van der Waals surface area (Å²) in [5.74, 6) is -0.997. The highest BCUT2D eigenvalue weighted by atomic mass is 35.5. The Morgan fingerprint density at radius 1 is 1.10 bits per heavy atom. The lowest BCUT2D eigenvalue weighted by Gasteiger charge is -2.12. The van der Waals surface area contributed by atoms with Crippen LogP contribution in [0.3, 0.4) is 0 Å². The fraction of sp³-hybridized carbons (Fsp3) is 0.222. The number of alkyl halides is 3. The second kappa shape index (κ2) is 8.93. The van der Waals surface area contributed by atoms with Gasteiger partial charge in [-0.1, -0.05) is 23.7 Å². The van der Waals surface area contributed by atoms with E-state index in [4.69, 9.17) is 11.6 Å². The summed E-state index contributed by atoms with van der Waals surface area (Å²) in [5.41, 5.74) is -0.999. The smallest absolute Gasteiger partial charge is 0.326 e. The molecule has 0 bridgehead atoms. The number of rotatable bonds is 7. The van der Waals surface area contributed by atoms with Crippen molar-refractivity contribution in [3.63, 3.8) is 0 Å². The van der Waals surface area contributed by atoms with Gasteiger partial charge in [-0.25, -0.2) is 13.1 Å². The van der Waals surface area contributed by atoms with Gasteiger partial charge >= 0.3 is 6.18 Å². The standard InChI is InChI=1S/C18H16ClF3N2O4S/c1-11(25)12-3-2-4-14(9-12)29(27,28)23-8-7-17(26)24-13-5-6-16(19)15(10-13)18(20,21)22/h2-6,9-10,23H,7-8H2,1H3,(H,24,26). The van der Waals surface area contributed by atoms with Crippen LogP contribution in [0.2, 0.25) is 5.02 Å². The molecule has 0 fully saturated rings. The number of hydrogen-bond donors (Lipinski definition) is 2. The number of Topliss-reactive ketones (excluding diaryl/α,β-unsaturated/α-hetero) is 1. The van der Waals surface area contributed by atoms with Crippen molar-refractivity contribution in [3.8, 4) is 0 Å². The highest BCUT2D eigenvalue weighted by Crippen LogP contribution is 2.36. The average molecular weight is 449 g/mol. The second-order valence-corrected chi connectivity index (χ2v) is 8.15. The maximum absolute atomic E-state index is 12.8. The Bertz CT molecular complexity index is 1040. The molecule has 0 aromatic heterocycles. The van der Waals surface area contributed by atoms with Crippen molar-refractivity contribution in [1.82, 2.24) is 4.72 Å². The number of amides is 1. The van der Waals surface area contributed by atoms with Gasteiger partial charge in [0.2, 0.25) is 15.9 Å². The van der Waals surface area contributed by atoms with Crippen molar-refractivity contribution < 1.29 is 31.2 Å². The second-order valence-electron chi connectivity index (χ2n) is 5.97. The molecule has 0 aliphatic rings. The maximum atomic E-state index is 12.8. The van der Waals surface area contributed by atoms with Crippen molar-refractivity contribution in [2.24, 2.45) is 0 Å². The summed E-state index contributed by atoms with van der Waals surface area (Å²) in [4.78, 5) is 23.1. The van der Waals surface area contributed by atoms with Crippen LogP contribution >= 0.6 is 11.6 Å². The fourth-order valence-electron chi connectivity index (χ4n) is 2.31. The number of anilines is 1. The number of hydrogen-bond acceptors (Lipinski definition) is 4. The molecule has 0 saturated heterocycles. The van der Waals surface area contributed by atoms with Crippen LogP contribution in [-0.2, 0) is 21.0 Å². The van der Waals surface area contributed by atoms with Crippen molar-refractivity contribution in [3.05, 3.63) is 58.6 Å². The molecule has 0 heterocycles. The van der Waals surface area contributed by atoms with Crippen molar-refractivity contribution in [2.45, 2.75) is 24.4 Å². The van der Waals surface area contributed by atoms with Crippen molar-refractivity contribution in [1.29, 1.82) is 0 Å². The summed E-state index contributed by atoms with van der Waals surface area (Å²) in [7, 11) is -3.96. The first-order chi connectivity index (χ1) is 13.4. The van der Waals surface area contributed by atoms with Crippen molar-refractivity contribution >= 4 is 39.0 Å². The molecular weight excluding hydrogens is 433 g/mol. The minimum atomic E-state index is -4.68. The molecule has 29 heavy (non-hydrogen) atoms. The van der Waals surface area contributed by atoms with Gasteiger partial charge < -0.3 is 5.32 Å². The number of benzene rings is 2. The quantitative estimate of drug-likeness (QED) is 0.629. The van der Waals surface area contributed by atoms with Gasteiger partial charge in [-0.15, -0.1) is 0 Å². The molecular formula is C18H16ClF3N2O4S. The van der Waals surface area contributed by atoms with E-state index >= 15 is 0 Å². The van der Waals surface area contributed by atoms with Gasteiger partial charge in [0, 0.05) is 24.2 Å². The summed E-state index contributed by atoms with van der Waals surface area (Å²) < 4.78 is 65.2. The van der Waals surface area contributed by atoms with Crippen LogP contribution in [0, 0.1) is 0 Å². The van der Waals surface area contributed by atoms with Gasteiger partial charge in [0.05, 0.1) is 15.5 Å². The van der Waals surface area contributed by atoms with E-state index in [0.29, 0.717) is 6.07 Å². The largest absolute Gasteiger partial charge is 0.417 e. The summed E-state index contributed by atoms with van der Waals surface area (Å²) in [6.07, 6.45) is -5.00. The number of halogens is 4. The topological polar surface area (TPSA) is 92.3 Å². The predicted molar refractivity (Wildman–Crippen MR) is 101 cm³/mol. The lowest BCUT2D eigenvalue weighted by Crippen LogP contribution is -2.28. The highest BCUT2D eigenvalue weighted by Gasteiger charge is 2.33. The fourth-order valence-corrected chi connectivity index (χ4v) is 3.61. The molecule has 6 nitrogen and oxygen atoms in total. The monoisotopic (exact) mass is 448 g/mol. The molecule has 11 heteroatoms. The minimum Gasteiger partial charge on any atom is -0.326 e. The first-order valence-corrected chi connectivity index (χ1v) is 10.0. The molecule has 0 atom stereocenters. The van der Waals surface area contributed by atoms with E-state index < -0.39 is 32.7 Å².